The van der Waals surface area contributed by atoms with Gasteiger partial charge >= 0.3 is 5.97 Å². The molecule has 0 spiro atoms. The Labute approximate surface area is 183 Å². The first-order valence-corrected chi connectivity index (χ1v) is 9.96. The van der Waals surface area contributed by atoms with E-state index in [0.717, 1.165) is 11.1 Å². The Balaban J connectivity index is 1.39. The molecule has 0 atom stereocenters. The van der Waals surface area contributed by atoms with Gasteiger partial charge in [-0.1, -0.05) is 52.9 Å². The van der Waals surface area contributed by atoms with Crippen molar-refractivity contribution < 1.29 is 14.3 Å². The predicted octanol–water partition coefficient (Wildman–Crippen LogP) is 2.40. The third-order valence-corrected chi connectivity index (χ3v) is 4.54. The minimum absolute atomic E-state index is 0.221. The van der Waals surface area contributed by atoms with Crippen LogP contribution in [0.3, 0.4) is 0 Å². The van der Waals surface area contributed by atoms with Crippen molar-refractivity contribution in [1.82, 2.24) is 30.0 Å². The van der Waals surface area contributed by atoms with E-state index in [1.54, 1.807) is 33.9 Å². The second kappa shape index (κ2) is 9.65. The number of carbonyl (C=O) groups is 2. The molecule has 0 fully saturated rings. The highest BCUT2D eigenvalue weighted by molar-refractivity contribution is 6.02. The Hall–Kier alpha value is -4.34. The standard InChI is InChI=1S/C22H21N7O3/c1-16(30)32-11-10-28-14-20(24-26-28)18-8-5-9-19(12-18)23-22(31)21-15-29(27-25-21)13-17-6-3-2-4-7-17/h2-9,12,14-15H,10-11,13H2,1H3,(H,23,31). The summed E-state index contributed by atoms with van der Waals surface area (Å²) < 4.78 is 8.12. The number of ether oxygens (including phenoxy) is 1. The largest absolute Gasteiger partial charge is 0.464 e. The van der Waals surface area contributed by atoms with Crippen molar-refractivity contribution in [2.45, 2.75) is 20.0 Å². The smallest absolute Gasteiger partial charge is 0.302 e. The van der Waals surface area contributed by atoms with Crippen LogP contribution in [-0.4, -0.2) is 48.5 Å². The average Bonchev–Trinajstić information content (AvgIpc) is 3.44. The van der Waals surface area contributed by atoms with Crippen molar-refractivity contribution in [2.24, 2.45) is 0 Å². The van der Waals surface area contributed by atoms with Crippen molar-refractivity contribution >= 4 is 17.6 Å². The van der Waals surface area contributed by atoms with Crippen LogP contribution in [-0.2, 0) is 22.6 Å². The maximum atomic E-state index is 12.6. The molecule has 4 rings (SSSR count). The number of benzene rings is 2. The number of rotatable bonds is 8. The lowest BCUT2D eigenvalue weighted by Crippen LogP contribution is -2.12. The molecule has 1 amide bonds. The van der Waals surface area contributed by atoms with Crippen molar-refractivity contribution in [3.05, 3.63) is 78.2 Å². The molecule has 0 saturated carbocycles. The predicted molar refractivity (Wildman–Crippen MR) is 116 cm³/mol. The summed E-state index contributed by atoms with van der Waals surface area (Å²) >= 11 is 0. The van der Waals surface area contributed by atoms with Gasteiger partial charge in [0.2, 0.25) is 0 Å². The van der Waals surface area contributed by atoms with E-state index in [-0.39, 0.29) is 24.2 Å². The van der Waals surface area contributed by atoms with Gasteiger partial charge in [-0.05, 0) is 17.7 Å². The molecule has 32 heavy (non-hydrogen) atoms. The Morgan fingerprint density at radius 3 is 2.59 bits per heavy atom. The van der Waals surface area contributed by atoms with Crippen LogP contribution in [0, 0.1) is 0 Å². The van der Waals surface area contributed by atoms with E-state index in [1.807, 2.05) is 42.5 Å². The lowest BCUT2D eigenvalue weighted by atomic mass is 10.1. The number of nitrogens with one attached hydrogen (secondary N) is 1. The molecule has 2 aromatic heterocycles. The van der Waals surface area contributed by atoms with Crippen molar-refractivity contribution in [1.29, 1.82) is 0 Å². The average molecular weight is 431 g/mol. The summed E-state index contributed by atoms with van der Waals surface area (Å²) in [6.45, 7) is 2.51. The summed E-state index contributed by atoms with van der Waals surface area (Å²) in [6, 6.07) is 17.1. The molecule has 0 radical (unpaired) electrons. The fourth-order valence-corrected chi connectivity index (χ4v) is 3.02. The molecule has 0 aliphatic heterocycles. The second-order valence-corrected chi connectivity index (χ2v) is 7.03. The molecule has 10 nitrogen and oxygen atoms in total. The lowest BCUT2D eigenvalue weighted by Gasteiger charge is -2.04. The number of hydrogen-bond acceptors (Lipinski definition) is 7. The summed E-state index contributed by atoms with van der Waals surface area (Å²) in [7, 11) is 0. The van der Waals surface area contributed by atoms with Crippen molar-refractivity contribution in [2.75, 3.05) is 11.9 Å². The van der Waals surface area contributed by atoms with Crippen LogP contribution in [0.5, 0.6) is 0 Å². The van der Waals surface area contributed by atoms with Crippen LogP contribution < -0.4 is 5.32 Å². The Kier molecular flexibility index (Phi) is 6.30. The molecule has 162 valence electrons. The SMILES string of the molecule is CC(=O)OCCn1cc(-c2cccc(NC(=O)c3cn(Cc4ccccc4)nn3)c2)nn1. The molecule has 10 heteroatoms. The van der Waals surface area contributed by atoms with Gasteiger partial charge in [0, 0.05) is 18.2 Å². The third-order valence-electron chi connectivity index (χ3n) is 4.54. The lowest BCUT2D eigenvalue weighted by molar-refractivity contribution is -0.141. The number of nitrogens with zero attached hydrogens (tertiary/aromatic N) is 6. The molecule has 0 bridgehead atoms. The molecular formula is C22H21N7O3. The molecule has 0 unspecified atom stereocenters. The number of amides is 1. The summed E-state index contributed by atoms with van der Waals surface area (Å²) in [5, 5.41) is 19.0. The summed E-state index contributed by atoms with van der Waals surface area (Å²) in [5.41, 5.74) is 3.31. The first-order valence-electron chi connectivity index (χ1n) is 9.96. The summed E-state index contributed by atoms with van der Waals surface area (Å²) in [6.07, 6.45) is 3.36. The van der Waals surface area contributed by atoms with Crippen LogP contribution in [0.4, 0.5) is 5.69 Å². The molecule has 4 aromatic rings. The van der Waals surface area contributed by atoms with Crippen molar-refractivity contribution in [3.8, 4) is 11.3 Å². The topological polar surface area (TPSA) is 117 Å². The molecule has 2 aromatic carbocycles. The monoisotopic (exact) mass is 431 g/mol. The zero-order valence-corrected chi connectivity index (χ0v) is 17.4. The Morgan fingerprint density at radius 2 is 1.78 bits per heavy atom. The van der Waals surface area contributed by atoms with E-state index < -0.39 is 0 Å². The maximum absolute atomic E-state index is 12.6. The number of aromatic nitrogens is 6. The van der Waals surface area contributed by atoms with Gasteiger partial charge in [0.25, 0.3) is 5.91 Å². The van der Waals surface area contributed by atoms with Gasteiger partial charge in [-0.15, -0.1) is 10.2 Å². The molecule has 0 saturated heterocycles. The van der Waals surface area contributed by atoms with E-state index in [1.165, 1.54) is 6.92 Å². The highest BCUT2D eigenvalue weighted by Crippen LogP contribution is 2.20. The van der Waals surface area contributed by atoms with Crippen LogP contribution in [0.15, 0.2) is 67.0 Å². The van der Waals surface area contributed by atoms with Crippen LogP contribution in [0.1, 0.15) is 23.0 Å². The Morgan fingerprint density at radius 1 is 0.969 bits per heavy atom. The molecule has 0 aliphatic carbocycles. The summed E-state index contributed by atoms with van der Waals surface area (Å²) in [5.74, 6) is -0.694. The summed E-state index contributed by atoms with van der Waals surface area (Å²) in [4.78, 5) is 23.5. The number of esters is 1. The van der Waals surface area contributed by atoms with E-state index in [0.29, 0.717) is 24.5 Å². The van der Waals surface area contributed by atoms with Gasteiger partial charge in [0.15, 0.2) is 5.69 Å². The minimum Gasteiger partial charge on any atom is -0.464 e. The number of carbonyl (C=O) groups excluding carboxylic acids is 2. The Bertz CT molecular complexity index is 1220. The number of anilines is 1. The van der Waals surface area contributed by atoms with Gasteiger partial charge in [0.05, 0.1) is 25.5 Å². The van der Waals surface area contributed by atoms with Gasteiger partial charge in [-0.2, -0.15) is 0 Å². The van der Waals surface area contributed by atoms with Crippen molar-refractivity contribution in [3.63, 3.8) is 0 Å². The molecule has 1 N–H and O–H groups in total. The first-order chi connectivity index (χ1) is 15.6. The van der Waals surface area contributed by atoms with Crippen LogP contribution >= 0.6 is 0 Å². The molecule has 2 heterocycles. The van der Waals surface area contributed by atoms with Crippen LogP contribution in [0.25, 0.3) is 11.3 Å². The van der Waals surface area contributed by atoms with Gasteiger partial charge in [-0.3, -0.25) is 9.59 Å². The third kappa shape index (κ3) is 5.42. The van der Waals surface area contributed by atoms with Crippen LogP contribution in [0.2, 0.25) is 0 Å². The highest BCUT2D eigenvalue weighted by Gasteiger charge is 2.12. The van der Waals surface area contributed by atoms with Gasteiger partial charge in [0.1, 0.15) is 12.3 Å². The highest BCUT2D eigenvalue weighted by atomic mass is 16.5. The normalized spacial score (nSPS) is 10.7. The molecule has 0 aliphatic rings. The number of hydrogen-bond donors (Lipinski definition) is 1. The maximum Gasteiger partial charge on any atom is 0.302 e. The van der Waals surface area contributed by atoms with Gasteiger partial charge in [-0.25, -0.2) is 9.36 Å². The minimum atomic E-state index is -0.355. The van der Waals surface area contributed by atoms with E-state index in [2.05, 4.69) is 25.9 Å². The quantitative estimate of drug-likeness (QED) is 0.426. The zero-order chi connectivity index (χ0) is 22.3. The fourth-order valence-electron chi connectivity index (χ4n) is 3.02. The zero-order valence-electron chi connectivity index (χ0n) is 17.4. The molecular weight excluding hydrogens is 410 g/mol. The van der Waals surface area contributed by atoms with E-state index in [4.69, 9.17) is 4.74 Å². The fraction of sp³-hybridized carbons (Fsp3) is 0.182. The first kappa shape index (κ1) is 20.9. The van der Waals surface area contributed by atoms with Gasteiger partial charge < -0.3 is 10.1 Å². The van der Waals surface area contributed by atoms with E-state index in [9.17, 15) is 9.59 Å². The second-order valence-electron chi connectivity index (χ2n) is 7.03. The van der Waals surface area contributed by atoms with E-state index >= 15 is 0 Å².